The Bertz CT molecular complexity index is 513. The van der Waals surface area contributed by atoms with Gasteiger partial charge in [-0.15, -0.1) is 0 Å². The molecule has 1 heteroatoms. The average Bonchev–Trinajstić information content (AvgIpc) is 3.08. The van der Waals surface area contributed by atoms with Crippen molar-refractivity contribution in [3.63, 3.8) is 0 Å². The molecule has 0 heterocycles. The van der Waals surface area contributed by atoms with Gasteiger partial charge in [-0.3, -0.25) is 0 Å². The van der Waals surface area contributed by atoms with Crippen molar-refractivity contribution in [3.8, 4) is 0 Å². The van der Waals surface area contributed by atoms with Crippen LogP contribution in [-0.2, 0) is 49.9 Å². The fourth-order valence-corrected chi connectivity index (χ4v) is 3.75. The quantitative estimate of drug-likeness (QED) is 0.434. The Morgan fingerprint density at radius 1 is 0.760 bits per heavy atom. The maximum atomic E-state index is 2.34. The molecule has 0 aromatic heterocycles. The average molecular weight is 416 g/mol. The third-order valence-electron chi connectivity index (χ3n) is 4.72. The topological polar surface area (TPSA) is 0 Å². The molecule has 140 valence electrons. The van der Waals surface area contributed by atoms with Gasteiger partial charge in [0.1, 0.15) is 0 Å². The third kappa shape index (κ3) is 7.69. The first-order valence-electron chi connectivity index (χ1n) is 9.09. The molecule has 0 radical (unpaired) electrons. The van der Waals surface area contributed by atoms with Gasteiger partial charge in [-0.2, -0.15) is 45.5 Å². The third-order valence-corrected chi connectivity index (χ3v) is 4.72. The van der Waals surface area contributed by atoms with Crippen LogP contribution in [0.2, 0.25) is 0 Å². The van der Waals surface area contributed by atoms with E-state index >= 15 is 0 Å². The minimum atomic E-state index is 0. The summed E-state index contributed by atoms with van der Waals surface area (Å²) < 4.78 is 2.09. The van der Waals surface area contributed by atoms with E-state index in [1.165, 1.54) is 86.7 Å². The Hall–Kier alpha value is -0.547. The van der Waals surface area contributed by atoms with Gasteiger partial charge >= 0.3 is 34.9 Å². The number of rotatable bonds is 0. The number of fused-ring (bicyclic) bond motifs is 2. The molecule has 0 aliphatic heterocycles. The van der Waals surface area contributed by atoms with E-state index in [2.05, 4.69) is 41.8 Å². The van der Waals surface area contributed by atoms with Crippen LogP contribution in [-0.4, -0.2) is 3.71 Å². The normalized spacial score (nSPS) is 14.0. The fraction of sp³-hybridized carbons (Fsp3) is 0.458. The zero-order valence-electron chi connectivity index (χ0n) is 17.0. The molecule has 0 bridgehead atoms. The van der Waals surface area contributed by atoms with Crippen LogP contribution < -0.4 is 0 Å². The Morgan fingerprint density at radius 2 is 1.08 bits per heavy atom. The minimum Gasteiger partial charge on any atom is -0.358 e. The maximum absolute atomic E-state index is 2.34. The van der Waals surface area contributed by atoms with Gasteiger partial charge in [-0.1, -0.05) is 65.2 Å². The second-order valence-electron chi connectivity index (χ2n) is 6.87. The molecule has 0 saturated carbocycles. The smallest absolute Gasteiger partial charge is 0.0512 e. The van der Waals surface area contributed by atoms with E-state index in [-0.39, 0.29) is 14.9 Å². The molecule has 0 nitrogen and oxygen atoms in total. The number of aryl methyl sites for hydroxylation is 6. The van der Waals surface area contributed by atoms with Crippen molar-refractivity contribution in [2.45, 2.75) is 72.1 Å². The maximum Gasteiger partial charge on any atom is -0.0512 e. The van der Waals surface area contributed by atoms with Gasteiger partial charge < -0.3 is 14.9 Å². The fourth-order valence-electron chi connectivity index (χ4n) is 3.75. The zero-order chi connectivity index (χ0) is 16.7. The monoisotopic (exact) mass is 414 g/mol. The predicted molar refractivity (Wildman–Crippen MR) is 111 cm³/mol. The van der Waals surface area contributed by atoms with E-state index in [1.54, 1.807) is 22.3 Å². The van der Waals surface area contributed by atoms with E-state index in [1.807, 2.05) is 6.92 Å². The summed E-state index contributed by atoms with van der Waals surface area (Å²) in [6.45, 7) is 6.43. The van der Waals surface area contributed by atoms with Crippen molar-refractivity contribution in [3.05, 3.63) is 72.5 Å². The Morgan fingerprint density at radius 3 is 1.40 bits per heavy atom. The van der Waals surface area contributed by atoms with Crippen LogP contribution >= 0.6 is 0 Å². The van der Waals surface area contributed by atoms with Crippen LogP contribution in [0.5, 0.6) is 0 Å². The summed E-state index contributed by atoms with van der Waals surface area (Å²) in [7, 11) is 0. The molecule has 4 rings (SSSR count). The van der Waals surface area contributed by atoms with E-state index in [0.29, 0.717) is 0 Å². The van der Waals surface area contributed by atoms with Crippen molar-refractivity contribution in [1.29, 1.82) is 0 Å². The van der Waals surface area contributed by atoms with Gasteiger partial charge in [0, 0.05) is 0 Å². The molecule has 2 aromatic rings. The summed E-state index contributed by atoms with van der Waals surface area (Å²) in [6, 6.07) is 9.37. The zero-order valence-corrected chi connectivity index (χ0v) is 19.5. The second-order valence-corrected chi connectivity index (χ2v) is 8.29. The Labute approximate surface area is 172 Å². The minimum absolute atomic E-state index is 0. The standard InChI is InChI=1S/2C10H13.C2H4.2CH3.Zr/c2*1-8-6-9-4-2-3-5-10(9)7-8;1-2;;;/h2*6-7H,2-5H2,1H3;1H,2H3;2*1H3;/q2*-1;;2*-1;. The van der Waals surface area contributed by atoms with Crippen LogP contribution in [0.4, 0.5) is 0 Å². The predicted octanol–water partition coefficient (Wildman–Crippen LogP) is 6.44. The van der Waals surface area contributed by atoms with E-state index in [0.717, 1.165) is 0 Å². The molecule has 25 heavy (non-hydrogen) atoms. The first-order valence-corrected chi connectivity index (χ1v) is 10.5. The molecule has 0 spiro atoms. The summed E-state index contributed by atoms with van der Waals surface area (Å²) in [6.07, 6.45) is 10.9. The van der Waals surface area contributed by atoms with Crippen LogP contribution in [0.25, 0.3) is 0 Å². The number of hydrogen-bond acceptors (Lipinski definition) is 0. The van der Waals surface area contributed by atoms with Crippen LogP contribution in [0, 0.1) is 28.7 Å². The van der Waals surface area contributed by atoms with Crippen molar-refractivity contribution < 1.29 is 24.2 Å². The summed E-state index contributed by atoms with van der Waals surface area (Å²) in [5.41, 5.74) is 9.36. The first kappa shape index (κ1) is 24.5. The van der Waals surface area contributed by atoms with E-state index in [4.69, 9.17) is 0 Å². The van der Waals surface area contributed by atoms with E-state index < -0.39 is 0 Å². The molecular weight excluding hydrogens is 379 g/mol. The molecule has 0 N–H and O–H groups in total. The van der Waals surface area contributed by atoms with Gasteiger partial charge in [0.15, 0.2) is 0 Å². The molecular formula is C24H36Zr-4. The Balaban J connectivity index is 0.000000374. The molecule has 2 aromatic carbocycles. The van der Waals surface area contributed by atoms with Crippen LogP contribution in [0.1, 0.15) is 66.0 Å². The van der Waals surface area contributed by atoms with Crippen LogP contribution in [0.3, 0.4) is 0 Å². The van der Waals surface area contributed by atoms with Crippen molar-refractivity contribution in [2.75, 3.05) is 0 Å². The molecule has 0 amide bonds. The SMILES string of the molecule is C[CH]=[Zr].Cc1cc2c([cH-]1)CCCC2.Cc1cc2c([cH-]1)CCCC2.[CH3-].[CH3-]. The molecule has 0 fully saturated rings. The van der Waals surface area contributed by atoms with Gasteiger partial charge in [0.2, 0.25) is 0 Å². The van der Waals surface area contributed by atoms with Gasteiger partial charge in [-0.05, 0) is 0 Å². The summed E-state index contributed by atoms with van der Waals surface area (Å²) in [4.78, 5) is 0. The summed E-state index contributed by atoms with van der Waals surface area (Å²) in [5.74, 6) is 0. The molecule has 2 aliphatic rings. The van der Waals surface area contributed by atoms with E-state index in [9.17, 15) is 0 Å². The largest absolute Gasteiger partial charge is 0.358 e. The van der Waals surface area contributed by atoms with Crippen molar-refractivity contribution in [1.82, 2.24) is 0 Å². The first-order chi connectivity index (χ1) is 11.1. The van der Waals surface area contributed by atoms with Gasteiger partial charge in [0.25, 0.3) is 0 Å². The Kier molecular flexibility index (Phi) is 12.5. The van der Waals surface area contributed by atoms with Gasteiger partial charge in [-0.25, -0.2) is 12.1 Å². The molecule has 2 aliphatic carbocycles. The molecule has 0 atom stereocenters. The molecule has 0 unspecified atom stereocenters. The summed E-state index contributed by atoms with van der Waals surface area (Å²) in [5, 5.41) is 0. The van der Waals surface area contributed by atoms with Crippen molar-refractivity contribution >= 4 is 3.71 Å². The summed E-state index contributed by atoms with van der Waals surface area (Å²) >= 11 is 1.51. The molecule has 0 saturated heterocycles. The second kappa shape index (κ2) is 12.7. The van der Waals surface area contributed by atoms with Crippen LogP contribution in [0.15, 0.2) is 24.3 Å². The van der Waals surface area contributed by atoms with Gasteiger partial charge in [0.05, 0.1) is 0 Å². The number of hydrogen-bond donors (Lipinski definition) is 0. The van der Waals surface area contributed by atoms with Crippen molar-refractivity contribution in [2.24, 2.45) is 0 Å².